The standard InChI is InChI=1S/C29H37N3O2/c1-20(2)17-22-10-11-24-23(18-22)13-16-31-26(24)19-27-25(28(31)33)9-6-15-32(27)29(34)30-14-12-21-7-4-3-5-8-21/h3-5,7-8,10-11,18,20,25-27H,6,9,12-17,19H2,1-2H3,(H,30,34)/t25-,26+,27-/m1/s1. The lowest BCUT2D eigenvalue weighted by Gasteiger charge is -2.51. The summed E-state index contributed by atoms with van der Waals surface area (Å²) in [5.74, 6) is 0.818. The molecule has 5 heteroatoms. The smallest absolute Gasteiger partial charge is 0.317 e. The predicted molar refractivity (Wildman–Crippen MR) is 135 cm³/mol. The quantitative estimate of drug-likeness (QED) is 0.702. The molecule has 2 aromatic carbocycles. The molecule has 5 nitrogen and oxygen atoms in total. The Morgan fingerprint density at radius 3 is 2.71 bits per heavy atom. The molecule has 3 aliphatic rings. The molecule has 0 aliphatic carbocycles. The first-order chi connectivity index (χ1) is 16.5. The van der Waals surface area contributed by atoms with Crippen LogP contribution in [0.15, 0.2) is 48.5 Å². The van der Waals surface area contributed by atoms with Gasteiger partial charge in [0.05, 0.1) is 12.0 Å². The minimum Gasteiger partial charge on any atom is -0.338 e. The van der Waals surface area contributed by atoms with E-state index in [0.717, 1.165) is 51.6 Å². The number of benzene rings is 2. The van der Waals surface area contributed by atoms with Gasteiger partial charge in [-0.25, -0.2) is 4.79 Å². The van der Waals surface area contributed by atoms with E-state index in [0.29, 0.717) is 12.5 Å². The summed E-state index contributed by atoms with van der Waals surface area (Å²) in [4.78, 5) is 30.8. The summed E-state index contributed by atoms with van der Waals surface area (Å²) >= 11 is 0. The normalized spacial score (nSPS) is 23.9. The second-order valence-electron chi connectivity index (χ2n) is 10.6. The monoisotopic (exact) mass is 459 g/mol. The Hall–Kier alpha value is -2.82. The van der Waals surface area contributed by atoms with Crippen LogP contribution < -0.4 is 5.32 Å². The van der Waals surface area contributed by atoms with Crippen molar-refractivity contribution in [2.45, 2.75) is 64.5 Å². The van der Waals surface area contributed by atoms with Crippen molar-refractivity contribution in [3.8, 4) is 0 Å². The molecular formula is C29H37N3O2. The zero-order valence-electron chi connectivity index (χ0n) is 20.5. The summed E-state index contributed by atoms with van der Waals surface area (Å²) in [6.45, 7) is 6.65. The Morgan fingerprint density at radius 2 is 1.91 bits per heavy atom. The molecule has 2 fully saturated rings. The van der Waals surface area contributed by atoms with Crippen LogP contribution >= 0.6 is 0 Å². The van der Waals surface area contributed by atoms with Crippen molar-refractivity contribution >= 4 is 11.9 Å². The van der Waals surface area contributed by atoms with Gasteiger partial charge in [-0.1, -0.05) is 62.4 Å². The Morgan fingerprint density at radius 1 is 1.09 bits per heavy atom. The van der Waals surface area contributed by atoms with Crippen LogP contribution in [0, 0.1) is 11.8 Å². The minimum atomic E-state index is -0.0633. The summed E-state index contributed by atoms with van der Waals surface area (Å²) in [7, 11) is 0. The van der Waals surface area contributed by atoms with Gasteiger partial charge in [-0.05, 0) is 66.7 Å². The molecule has 0 radical (unpaired) electrons. The van der Waals surface area contributed by atoms with Crippen LogP contribution in [0.4, 0.5) is 4.79 Å². The first-order valence-corrected chi connectivity index (χ1v) is 13.0. The summed E-state index contributed by atoms with van der Waals surface area (Å²) in [6, 6.07) is 17.2. The van der Waals surface area contributed by atoms with E-state index in [9.17, 15) is 9.59 Å². The van der Waals surface area contributed by atoms with Gasteiger partial charge in [0.25, 0.3) is 0 Å². The Balaban J connectivity index is 1.31. The molecule has 3 amide bonds. The molecule has 34 heavy (non-hydrogen) atoms. The molecule has 0 spiro atoms. The number of nitrogens with one attached hydrogen (secondary N) is 1. The molecule has 1 N–H and O–H groups in total. The Kier molecular flexibility index (Phi) is 6.62. The highest BCUT2D eigenvalue weighted by Gasteiger charge is 2.48. The first kappa shape index (κ1) is 22.9. The number of carbonyl (C=O) groups is 2. The number of amides is 3. The zero-order valence-corrected chi connectivity index (χ0v) is 20.5. The predicted octanol–water partition coefficient (Wildman–Crippen LogP) is 4.75. The maximum atomic E-state index is 13.6. The van der Waals surface area contributed by atoms with Gasteiger partial charge in [-0.3, -0.25) is 4.79 Å². The van der Waals surface area contributed by atoms with Gasteiger partial charge in [0.15, 0.2) is 0 Å². The van der Waals surface area contributed by atoms with Crippen LogP contribution in [0.1, 0.15) is 61.4 Å². The number of piperidine rings is 2. The lowest BCUT2D eigenvalue weighted by Crippen LogP contribution is -2.61. The number of fused-ring (bicyclic) bond motifs is 4. The van der Waals surface area contributed by atoms with E-state index >= 15 is 0 Å². The van der Waals surface area contributed by atoms with Crippen LogP contribution in [-0.2, 0) is 24.1 Å². The molecule has 0 bridgehead atoms. The van der Waals surface area contributed by atoms with Gasteiger partial charge < -0.3 is 15.1 Å². The van der Waals surface area contributed by atoms with E-state index in [1.807, 2.05) is 23.1 Å². The van der Waals surface area contributed by atoms with Crippen molar-refractivity contribution in [3.05, 3.63) is 70.8 Å². The van der Waals surface area contributed by atoms with E-state index in [1.54, 1.807) is 0 Å². The largest absolute Gasteiger partial charge is 0.338 e. The maximum absolute atomic E-state index is 13.6. The third-order valence-electron chi connectivity index (χ3n) is 7.85. The van der Waals surface area contributed by atoms with E-state index in [4.69, 9.17) is 0 Å². The Bertz CT molecular complexity index is 1030. The SMILES string of the molecule is CC(C)Cc1ccc2c(c1)CCN1C(=O)[C@@H]3CCCN(C(=O)NCCc4ccccc4)[C@@H]3C[C@@H]21. The van der Waals surface area contributed by atoms with E-state index in [1.165, 1.54) is 22.3 Å². The van der Waals surface area contributed by atoms with Crippen molar-refractivity contribution in [2.24, 2.45) is 11.8 Å². The average Bonchev–Trinajstić information content (AvgIpc) is 2.84. The number of rotatable bonds is 5. The minimum absolute atomic E-state index is 0.0134. The average molecular weight is 460 g/mol. The highest BCUT2D eigenvalue weighted by Crippen LogP contribution is 2.43. The summed E-state index contributed by atoms with van der Waals surface area (Å²) < 4.78 is 0. The number of hydrogen-bond acceptors (Lipinski definition) is 2. The summed E-state index contributed by atoms with van der Waals surface area (Å²) in [6.07, 6.45) is 5.47. The second-order valence-corrected chi connectivity index (χ2v) is 10.6. The molecule has 180 valence electrons. The van der Waals surface area contributed by atoms with Crippen LogP contribution in [0.3, 0.4) is 0 Å². The molecule has 3 heterocycles. The number of carbonyl (C=O) groups excluding carboxylic acids is 2. The number of hydrogen-bond donors (Lipinski definition) is 1. The van der Waals surface area contributed by atoms with Gasteiger partial charge in [-0.2, -0.15) is 0 Å². The topological polar surface area (TPSA) is 52.7 Å². The molecular weight excluding hydrogens is 422 g/mol. The third-order valence-corrected chi connectivity index (χ3v) is 7.85. The molecule has 2 saturated heterocycles. The van der Waals surface area contributed by atoms with Crippen molar-refractivity contribution in [1.82, 2.24) is 15.1 Å². The molecule has 0 unspecified atom stereocenters. The van der Waals surface area contributed by atoms with Crippen molar-refractivity contribution < 1.29 is 9.59 Å². The van der Waals surface area contributed by atoms with Crippen LogP contribution in [0.2, 0.25) is 0 Å². The van der Waals surface area contributed by atoms with Gasteiger partial charge in [0.2, 0.25) is 5.91 Å². The molecule has 3 aliphatic heterocycles. The van der Waals surface area contributed by atoms with E-state index in [2.05, 4.69) is 54.4 Å². The molecule has 0 saturated carbocycles. The number of urea groups is 1. The Labute approximate surface area is 203 Å². The zero-order chi connectivity index (χ0) is 23.7. The molecule has 2 aromatic rings. The lowest BCUT2D eigenvalue weighted by molar-refractivity contribution is -0.148. The van der Waals surface area contributed by atoms with Crippen molar-refractivity contribution in [3.63, 3.8) is 0 Å². The van der Waals surface area contributed by atoms with E-state index < -0.39 is 0 Å². The summed E-state index contributed by atoms with van der Waals surface area (Å²) in [5.41, 5.74) is 5.29. The van der Waals surface area contributed by atoms with Crippen molar-refractivity contribution in [1.29, 1.82) is 0 Å². The first-order valence-electron chi connectivity index (χ1n) is 13.0. The van der Waals surface area contributed by atoms with Crippen LogP contribution in [-0.4, -0.2) is 47.4 Å². The fourth-order valence-electron chi connectivity index (χ4n) is 6.27. The highest BCUT2D eigenvalue weighted by molar-refractivity contribution is 5.83. The van der Waals surface area contributed by atoms with Gasteiger partial charge in [0.1, 0.15) is 0 Å². The lowest BCUT2D eigenvalue weighted by atomic mass is 9.76. The molecule has 5 rings (SSSR count). The molecule has 3 atom stereocenters. The summed E-state index contributed by atoms with van der Waals surface area (Å²) in [5, 5.41) is 3.13. The molecule has 0 aromatic heterocycles. The van der Waals surface area contributed by atoms with Crippen LogP contribution in [0.25, 0.3) is 0 Å². The van der Waals surface area contributed by atoms with Crippen LogP contribution in [0.5, 0.6) is 0 Å². The fourth-order valence-corrected chi connectivity index (χ4v) is 6.27. The van der Waals surface area contributed by atoms with Crippen molar-refractivity contribution in [2.75, 3.05) is 19.6 Å². The number of nitrogens with zero attached hydrogens (tertiary/aromatic N) is 2. The van der Waals surface area contributed by atoms with Gasteiger partial charge >= 0.3 is 6.03 Å². The second kappa shape index (κ2) is 9.81. The highest BCUT2D eigenvalue weighted by atomic mass is 16.2. The number of likely N-dealkylation sites (tertiary alicyclic amines) is 1. The third kappa shape index (κ3) is 4.57. The maximum Gasteiger partial charge on any atom is 0.317 e. The van der Waals surface area contributed by atoms with Gasteiger partial charge in [0, 0.05) is 25.7 Å². The van der Waals surface area contributed by atoms with E-state index in [-0.39, 0.29) is 29.9 Å². The van der Waals surface area contributed by atoms with Gasteiger partial charge in [-0.15, -0.1) is 0 Å². The fraction of sp³-hybridized carbons (Fsp3) is 0.517.